The van der Waals surface area contributed by atoms with E-state index in [2.05, 4.69) is 4.98 Å². The third-order valence-corrected chi connectivity index (χ3v) is 2.50. The molecule has 17 heavy (non-hydrogen) atoms. The molecule has 1 aromatic carbocycles. The van der Waals surface area contributed by atoms with Crippen LogP contribution in [0, 0.1) is 5.82 Å². The van der Waals surface area contributed by atoms with Gasteiger partial charge in [-0.15, -0.1) is 0 Å². The fourth-order valence-electron chi connectivity index (χ4n) is 1.71. The minimum atomic E-state index is -1.40. The first-order valence-electron chi connectivity index (χ1n) is 5.25. The highest BCUT2D eigenvalue weighted by Crippen LogP contribution is 2.26. The Balaban J connectivity index is 2.42. The molecule has 1 atom stereocenters. The molecule has 0 spiro atoms. The van der Waals surface area contributed by atoms with Gasteiger partial charge in [-0.3, -0.25) is 0 Å². The molecule has 2 aromatic rings. The third-order valence-electron chi connectivity index (χ3n) is 2.50. The number of esters is 1. The summed E-state index contributed by atoms with van der Waals surface area (Å²) < 4.78 is 18.1. The van der Waals surface area contributed by atoms with Crippen LogP contribution in [-0.4, -0.2) is 22.7 Å². The van der Waals surface area contributed by atoms with Crippen molar-refractivity contribution in [1.82, 2.24) is 4.98 Å². The van der Waals surface area contributed by atoms with Gasteiger partial charge in [0.25, 0.3) is 0 Å². The van der Waals surface area contributed by atoms with Gasteiger partial charge < -0.3 is 14.8 Å². The minimum Gasteiger partial charge on any atom is -0.464 e. The molecule has 0 aliphatic rings. The summed E-state index contributed by atoms with van der Waals surface area (Å²) in [6, 6.07) is 4.46. The van der Waals surface area contributed by atoms with Crippen molar-refractivity contribution in [3.05, 3.63) is 35.8 Å². The number of benzene rings is 1. The van der Waals surface area contributed by atoms with Crippen LogP contribution in [0.4, 0.5) is 4.39 Å². The molecule has 1 heterocycles. The van der Waals surface area contributed by atoms with E-state index in [1.165, 1.54) is 18.3 Å². The zero-order valence-corrected chi connectivity index (χ0v) is 9.24. The average Bonchev–Trinajstić information content (AvgIpc) is 2.73. The summed E-state index contributed by atoms with van der Waals surface area (Å²) in [5, 5.41) is 10.3. The summed E-state index contributed by atoms with van der Waals surface area (Å²) in [5.74, 6) is -1.16. The maximum absolute atomic E-state index is 13.4. The maximum atomic E-state index is 13.4. The van der Waals surface area contributed by atoms with Crippen LogP contribution >= 0.6 is 0 Å². The third kappa shape index (κ3) is 2.01. The number of carbonyl (C=O) groups is 1. The minimum absolute atomic E-state index is 0.187. The van der Waals surface area contributed by atoms with E-state index in [0.29, 0.717) is 10.9 Å². The number of aromatic amines is 1. The van der Waals surface area contributed by atoms with Crippen molar-refractivity contribution in [3.8, 4) is 0 Å². The number of para-hydroxylation sites is 1. The first-order chi connectivity index (χ1) is 8.15. The van der Waals surface area contributed by atoms with Gasteiger partial charge in [-0.05, 0) is 13.0 Å². The molecule has 0 fully saturated rings. The number of aliphatic hydroxyl groups excluding tert-OH is 1. The SMILES string of the molecule is CCOC(=O)C(O)c1c[nH]c2c(F)cccc12. The van der Waals surface area contributed by atoms with E-state index in [1.807, 2.05) is 0 Å². The lowest BCUT2D eigenvalue weighted by Gasteiger charge is -2.08. The highest BCUT2D eigenvalue weighted by Gasteiger charge is 2.22. The molecule has 1 aromatic heterocycles. The number of nitrogens with one attached hydrogen (secondary N) is 1. The number of rotatable bonds is 3. The number of fused-ring (bicyclic) bond motifs is 1. The molecule has 4 nitrogen and oxygen atoms in total. The number of hydrogen-bond donors (Lipinski definition) is 2. The van der Waals surface area contributed by atoms with E-state index in [9.17, 15) is 14.3 Å². The van der Waals surface area contributed by atoms with Crippen molar-refractivity contribution in [1.29, 1.82) is 0 Å². The molecule has 5 heteroatoms. The summed E-state index contributed by atoms with van der Waals surface area (Å²) in [7, 11) is 0. The van der Waals surface area contributed by atoms with E-state index >= 15 is 0 Å². The lowest BCUT2D eigenvalue weighted by Crippen LogP contribution is -2.14. The van der Waals surface area contributed by atoms with Crippen LogP contribution < -0.4 is 0 Å². The number of aliphatic hydroxyl groups is 1. The molecule has 2 rings (SSSR count). The molecule has 1 unspecified atom stereocenters. The first kappa shape index (κ1) is 11.6. The summed E-state index contributed by atoms with van der Waals surface area (Å²) in [6.07, 6.45) is 0.0144. The van der Waals surface area contributed by atoms with Crippen LogP contribution in [0.25, 0.3) is 10.9 Å². The van der Waals surface area contributed by atoms with Crippen LogP contribution in [0.3, 0.4) is 0 Å². The molecule has 0 saturated carbocycles. The Morgan fingerprint density at radius 1 is 1.59 bits per heavy atom. The Labute approximate surface area is 97.0 Å². The van der Waals surface area contributed by atoms with Crippen molar-refractivity contribution in [2.75, 3.05) is 6.61 Å². The van der Waals surface area contributed by atoms with E-state index in [1.54, 1.807) is 13.0 Å². The Bertz CT molecular complexity index is 550. The normalized spacial score (nSPS) is 12.6. The number of carbonyl (C=O) groups excluding carboxylic acids is 1. The van der Waals surface area contributed by atoms with Crippen molar-refractivity contribution in [2.24, 2.45) is 0 Å². The Morgan fingerprint density at radius 3 is 3.06 bits per heavy atom. The summed E-state index contributed by atoms with van der Waals surface area (Å²) in [5.41, 5.74) is 0.587. The van der Waals surface area contributed by atoms with E-state index in [0.717, 1.165) is 0 Å². The molecule has 0 aliphatic carbocycles. The molecule has 0 aliphatic heterocycles. The van der Waals surface area contributed by atoms with Gasteiger partial charge in [0.05, 0.1) is 12.1 Å². The zero-order valence-electron chi connectivity index (χ0n) is 9.24. The van der Waals surface area contributed by atoms with Crippen molar-refractivity contribution >= 4 is 16.9 Å². The van der Waals surface area contributed by atoms with Gasteiger partial charge in [0.1, 0.15) is 5.82 Å². The van der Waals surface area contributed by atoms with E-state index < -0.39 is 17.9 Å². The standard InChI is InChI=1S/C12H12FNO3/c1-2-17-12(16)11(15)8-6-14-10-7(8)4-3-5-9(10)13/h3-6,11,14-15H,2H2,1H3. The van der Waals surface area contributed by atoms with Gasteiger partial charge in [0.2, 0.25) is 0 Å². The quantitative estimate of drug-likeness (QED) is 0.801. The maximum Gasteiger partial charge on any atom is 0.339 e. The van der Waals surface area contributed by atoms with Crippen LogP contribution in [0.5, 0.6) is 0 Å². The summed E-state index contributed by atoms with van der Waals surface area (Å²) in [4.78, 5) is 14.1. The van der Waals surface area contributed by atoms with Crippen molar-refractivity contribution < 1.29 is 19.0 Å². The van der Waals surface area contributed by atoms with Gasteiger partial charge in [0.15, 0.2) is 6.10 Å². The van der Waals surface area contributed by atoms with Gasteiger partial charge in [-0.2, -0.15) is 0 Å². The van der Waals surface area contributed by atoms with Crippen LogP contribution in [-0.2, 0) is 9.53 Å². The number of aromatic nitrogens is 1. The lowest BCUT2D eigenvalue weighted by molar-refractivity contribution is -0.153. The second-order valence-corrected chi connectivity index (χ2v) is 3.56. The largest absolute Gasteiger partial charge is 0.464 e. The average molecular weight is 237 g/mol. The van der Waals surface area contributed by atoms with Crippen LogP contribution in [0.15, 0.2) is 24.4 Å². The van der Waals surface area contributed by atoms with Crippen molar-refractivity contribution in [3.63, 3.8) is 0 Å². The van der Waals surface area contributed by atoms with Gasteiger partial charge in [0, 0.05) is 17.1 Å². The molecule has 0 radical (unpaired) electrons. The van der Waals surface area contributed by atoms with Gasteiger partial charge >= 0.3 is 5.97 Å². The Kier molecular flexibility index (Phi) is 3.10. The smallest absolute Gasteiger partial charge is 0.339 e. The summed E-state index contributed by atoms with van der Waals surface area (Å²) >= 11 is 0. The zero-order chi connectivity index (χ0) is 12.4. The highest BCUT2D eigenvalue weighted by atomic mass is 19.1. The molecule has 90 valence electrons. The summed E-state index contributed by atoms with van der Waals surface area (Å²) in [6.45, 7) is 1.84. The number of hydrogen-bond acceptors (Lipinski definition) is 3. The topological polar surface area (TPSA) is 62.3 Å². The molecule has 2 N–H and O–H groups in total. The van der Waals surface area contributed by atoms with Crippen molar-refractivity contribution in [2.45, 2.75) is 13.0 Å². The van der Waals surface area contributed by atoms with E-state index in [4.69, 9.17) is 4.74 Å². The number of ether oxygens (including phenoxy) is 1. The lowest BCUT2D eigenvalue weighted by atomic mass is 10.1. The van der Waals surface area contributed by atoms with E-state index in [-0.39, 0.29) is 12.1 Å². The predicted molar refractivity (Wildman–Crippen MR) is 59.8 cm³/mol. The monoisotopic (exact) mass is 237 g/mol. The second-order valence-electron chi connectivity index (χ2n) is 3.56. The second kappa shape index (κ2) is 4.55. The fraction of sp³-hybridized carbons (Fsp3) is 0.250. The predicted octanol–water partition coefficient (Wildman–Crippen LogP) is 1.90. The van der Waals surface area contributed by atoms with Crippen LogP contribution in [0.2, 0.25) is 0 Å². The molecule has 0 amide bonds. The number of H-pyrrole nitrogens is 1. The Hall–Kier alpha value is -1.88. The van der Waals surface area contributed by atoms with Gasteiger partial charge in [-0.25, -0.2) is 9.18 Å². The Morgan fingerprint density at radius 2 is 2.35 bits per heavy atom. The van der Waals surface area contributed by atoms with Crippen LogP contribution in [0.1, 0.15) is 18.6 Å². The van der Waals surface area contributed by atoms with Gasteiger partial charge in [-0.1, -0.05) is 12.1 Å². The molecular weight excluding hydrogens is 225 g/mol. The number of halogens is 1. The molecule has 0 bridgehead atoms. The molecular formula is C12H12FNO3. The fourth-order valence-corrected chi connectivity index (χ4v) is 1.71. The highest BCUT2D eigenvalue weighted by molar-refractivity contribution is 5.89. The first-order valence-corrected chi connectivity index (χ1v) is 5.25. The molecule has 0 saturated heterocycles.